The Morgan fingerprint density at radius 3 is 2.58 bits per heavy atom. The number of likely N-dealkylation sites (tertiary alicyclic amines) is 1. The third-order valence-corrected chi connectivity index (χ3v) is 5.77. The van der Waals surface area contributed by atoms with Gasteiger partial charge in [0.25, 0.3) is 0 Å². The lowest BCUT2D eigenvalue weighted by atomic mass is 9.82. The maximum absolute atomic E-state index is 12.6. The second-order valence-corrected chi connectivity index (χ2v) is 7.98. The minimum atomic E-state index is -0.471. The molecule has 134 valence electrons. The number of carbonyl (C=O) groups excluding carboxylic acids is 2. The third-order valence-electron chi connectivity index (χ3n) is 5.28. The van der Waals surface area contributed by atoms with Crippen molar-refractivity contribution in [2.75, 3.05) is 13.1 Å². The van der Waals surface area contributed by atoms with E-state index in [4.69, 9.17) is 4.74 Å². The lowest BCUT2D eigenvalue weighted by Crippen LogP contribution is -2.52. The van der Waals surface area contributed by atoms with Gasteiger partial charge in [0, 0.05) is 30.4 Å². The summed E-state index contributed by atoms with van der Waals surface area (Å²) in [5, 5.41) is 0. The summed E-state index contributed by atoms with van der Waals surface area (Å²) in [7, 11) is 0. The molecule has 2 aromatic carbocycles. The van der Waals surface area contributed by atoms with Crippen LogP contribution in [0.15, 0.2) is 53.0 Å². The molecular formula is C21H20BrNO3. The van der Waals surface area contributed by atoms with E-state index in [1.807, 2.05) is 53.4 Å². The molecule has 1 saturated heterocycles. The Hall–Kier alpha value is -2.14. The summed E-state index contributed by atoms with van der Waals surface area (Å²) in [6.45, 7) is 1.26. The number of ketones is 1. The second kappa shape index (κ2) is 6.88. The lowest BCUT2D eigenvalue weighted by Gasteiger charge is -2.44. The molecule has 0 unspecified atom stereocenters. The Kier molecular flexibility index (Phi) is 4.57. The van der Waals surface area contributed by atoms with Gasteiger partial charge in [-0.3, -0.25) is 9.59 Å². The van der Waals surface area contributed by atoms with Gasteiger partial charge in [0.15, 0.2) is 5.78 Å². The van der Waals surface area contributed by atoms with Crippen molar-refractivity contribution in [1.29, 1.82) is 0 Å². The maximum Gasteiger partial charge on any atom is 0.226 e. The smallest absolute Gasteiger partial charge is 0.226 e. The number of nitrogens with zero attached hydrogens (tertiary/aromatic N) is 1. The number of fused-ring (bicyclic) bond motifs is 1. The molecule has 1 fully saturated rings. The minimum absolute atomic E-state index is 0.122. The average molecular weight is 414 g/mol. The number of rotatable bonds is 2. The molecule has 0 bridgehead atoms. The third kappa shape index (κ3) is 3.40. The van der Waals surface area contributed by atoms with E-state index >= 15 is 0 Å². The molecule has 0 atom stereocenters. The van der Waals surface area contributed by atoms with Crippen molar-refractivity contribution in [3.05, 3.63) is 64.1 Å². The quantitative estimate of drug-likeness (QED) is 0.746. The van der Waals surface area contributed by atoms with E-state index < -0.39 is 5.60 Å². The first-order valence-electron chi connectivity index (χ1n) is 8.88. The summed E-state index contributed by atoms with van der Waals surface area (Å²) >= 11 is 3.40. The van der Waals surface area contributed by atoms with Gasteiger partial charge >= 0.3 is 0 Å². The molecule has 4 rings (SSSR count). The van der Waals surface area contributed by atoms with Crippen molar-refractivity contribution < 1.29 is 14.3 Å². The van der Waals surface area contributed by atoms with Gasteiger partial charge in [0.1, 0.15) is 11.4 Å². The Morgan fingerprint density at radius 1 is 1.12 bits per heavy atom. The van der Waals surface area contributed by atoms with Crippen molar-refractivity contribution in [3.63, 3.8) is 0 Å². The molecule has 1 amide bonds. The van der Waals surface area contributed by atoms with E-state index in [-0.39, 0.29) is 11.7 Å². The molecule has 0 aromatic heterocycles. The van der Waals surface area contributed by atoms with Gasteiger partial charge in [-0.05, 0) is 23.8 Å². The van der Waals surface area contributed by atoms with Gasteiger partial charge in [-0.2, -0.15) is 0 Å². The van der Waals surface area contributed by atoms with Crippen molar-refractivity contribution in [1.82, 2.24) is 4.90 Å². The maximum atomic E-state index is 12.6. The minimum Gasteiger partial charge on any atom is -0.486 e. The molecule has 2 aliphatic heterocycles. The fourth-order valence-electron chi connectivity index (χ4n) is 3.79. The molecular weight excluding hydrogens is 394 g/mol. The van der Waals surface area contributed by atoms with Crippen LogP contribution in [0.4, 0.5) is 0 Å². The molecule has 1 spiro atoms. The van der Waals surface area contributed by atoms with Crippen LogP contribution < -0.4 is 4.74 Å². The van der Waals surface area contributed by atoms with Crippen LogP contribution in [-0.2, 0) is 11.2 Å². The Labute approximate surface area is 161 Å². The van der Waals surface area contributed by atoms with Gasteiger partial charge < -0.3 is 9.64 Å². The van der Waals surface area contributed by atoms with Gasteiger partial charge in [-0.15, -0.1) is 0 Å². The molecule has 0 N–H and O–H groups in total. The number of hydrogen-bond donors (Lipinski definition) is 0. The lowest BCUT2D eigenvalue weighted by molar-refractivity contribution is -0.134. The fourth-order valence-corrected chi connectivity index (χ4v) is 4.15. The number of carbonyl (C=O) groups is 2. The SMILES string of the molecule is O=C1CC2(CCN(C(=O)Cc3ccccc3)CC2)Oc2ccc(Br)cc21. The summed E-state index contributed by atoms with van der Waals surface area (Å²) in [5.74, 6) is 0.919. The summed E-state index contributed by atoms with van der Waals surface area (Å²) < 4.78 is 7.13. The fraction of sp³-hybridized carbons (Fsp3) is 0.333. The van der Waals surface area contributed by atoms with E-state index in [1.165, 1.54) is 0 Å². The topological polar surface area (TPSA) is 46.6 Å². The molecule has 5 heteroatoms. The van der Waals surface area contributed by atoms with Crippen LogP contribution in [0.2, 0.25) is 0 Å². The number of Topliss-reactive ketones (excluding diaryl/α,β-unsaturated/α-hetero) is 1. The monoisotopic (exact) mass is 413 g/mol. The Balaban J connectivity index is 1.42. The largest absolute Gasteiger partial charge is 0.486 e. The summed E-state index contributed by atoms with van der Waals surface area (Å²) in [5.41, 5.74) is 1.20. The molecule has 4 nitrogen and oxygen atoms in total. The number of ether oxygens (including phenoxy) is 1. The number of benzene rings is 2. The Bertz CT molecular complexity index is 842. The van der Waals surface area contributed by atoms with Crippen LogP contribution in [0.5, 0.6) is 5.75 Å². The van der Waals surface area contributed by atoms with Crippen molar-refractivity contribution in [3.8, 4) is 5.75 Å². The van der Waals surface area contributed by atoms with Crippen LogP contribution in [0.25, 0.3) is 0 Å². The summed E-state index contributed by atoms with van der Waals surface area (Å²) in [6.07, 6.45) is 2.19. The molecule has 0 radical (unpaired) electrons. The first-order valence-corrected chi connectivity index (χ1v) is 9.67. The molecule has 2 aromatic rings. The first-order chi connectivity index (χ1) is 12.5. The van der Waals surface area contributed by atoms with Gasteiger partial charge in [-0.1, -0.05) is 46.3 Å². The zero-order chi connectivity index (χ0) is 18.1. The van der Waals surface area contributed by atoms with Crippen LogP contribution >= 0.6 is 15.9 Å². The highest BCUT2D eigenvalue weighted by molar-refractivity contribution is 9.10. The molecule has 2 aliphatic rings. The highest BCUT2D eigenvalue weighted by Gasteiger charge is 2.43. The number of hydrogen-bond acceptors (Lipinski definition) is 3. The van der Waals surface area contributed by atoms with Crippen molar-refractivity contribution >= 4 is 27.6 Å². The number of halogens is 1. The number of amides is 1. The van der Waals surface area contributed by atoms with E-state index in [2.05, 4.69) is 15.9 Å². The van der Waals surface area contributed by atoms with Crippen LogP contribution in [0.1, 0.15) is 35.2 Å². The van der Waals surface area contributed by atoms with Crippen molar-refractivity contribution in [2.45, 2.75) is 31.3 Å². The van der Waals surface area contributed by atoms with Gasteiger partial charge in [0.2, 0.25) is 5.91 Å². The number of piperidine rings is 1. The van der Waals surface area contributed by atoms with E-state index in [1.54, 1.807) is 0 Å². The van der Waals surface area contributed by atoms with E-state index in [0.717, 1.165) is 10.0 Å². The van der Waals surface area contributed by atoms with Crippen LogP contribution in [-0.4, -0.2) is 35.3 Å². The average Bonchev–Trinajstić information content (AvgIpc) is 2.64. The van der Waals surface area contributed by atoms with Crippen LogP contribution in [0.3, 0.4) is 0 Å². The molecule has 0 aliphatic carbocycles. The second-order valence-electron chi connectivity index (χ2n) is 7.07. The zero-order valence-corrected chi connectivity index (χ0v) is 16.0. The Morgan fingerprint density at radius 2 is 1.85 bits per heavy atom. The molecule has 2 heterocycles. The molecule has 0 saturated carbocycles. The predicted octanol–water partition coefficient (Wildman–Crippen LogP) is 4.02. The molecule has 26 heavy (non-hydrogen) atoms. The zero-order valence-electron chi connectivity index (χ0n) is 14.4. The van der Waals surface area contributed by atoms with Crippen LogP contribution in [0, 0.1) is 0 Å². The standard InChI is InChI=1S/C21H20BrNO3/c22-16-6-7-19-17(13-16)18(24)14-21(26-19)8-10-23(11-9-21)20(25)12-15-4-2-1-3-5-15/h1-7,13H,8-12,14H2. The summed E-state index contributed by atoms with van der Waals surface area (Å²) in [4.78, 5) is 27.0. The van der Waals surface area contributed by atoms with Crippen molar-refractivity contribution in [2.24, 2.45) is 0 Å². The predicted molar refractivity (Wildman–Crippen MR) is 102 cm³/mol. The van der Waals surface area contributed by atoms with Gasteiger partial charge in [0.05, 0.1) is 18.4 Å². The normalized spacial score (nSPS) is 18.3. The highest BCUT2D eigenvalue weighted by atomic mass is 79.9. The summed E-state index contributed by atoms with van der Waals surface area (Å²) in [6, 6.07) is 15.4. The van der Waals surface area contributed by atoms with Gasteiger partial charge in [-0.25, -0.2) is 0 Å². The van der Waals surface area contributed by atoms with E-state index in [9.17, 15) is 9.59 Å². The first kappa shape index (κ1) is 17.3. The highest BCUT2D eigenvalue weighted by Crippen LogP contribution is 2.40. The van der Waals surface area contributed by atoms with E-state index in [0.29, 0.717) is 50.1 Å².